The minimum Gasteiger partial charge on any atom is -0.480 e. The third kappa shape index (κ3) is 3.20. The van der Waals surface area contributed by atoms with Crippen molar-refractivity contribution in [3.63, 3.8) is 0 Å². The van der Waals surface area contributed by atoms with Crippen LogP contribution in [0, 0.1) is 5.92 Å². The number of ether oxygens (including phenoxy) is 1. The van der Waals surface area contributed by atoms with Gasteiger partial charge < -0.3 is 9.84 Å². The molecule has 0 aromatic rings. The van der Waals surface area contributed by atoms with E-state index in [0.29, 0.717) is 18.8 Å². The molecule has 2 atom stereocenters. The molecule has 0 aromatic carbocycles. The van der Waals surface area contributed by atoms with Gasteiger partial charge in [-0.25, -0.2) is 4.79 Å². The van der Waals surface area contributed by atoms with Crippen LogP contribution in [0.5, 0.6) is 0 Å². The Morgan fingerprint density at radius 3 is 2.50 bits per heavy atom. The molecule has 1 fully saturated rings. The lowest BCUT2D eigenvalue weighted by Gasteiger charge is -2.22. The number of carbonyl (C=O) groups excluding carboxylic acids is 1. The number of rotatable bonds is 6. The van der Waals surface area contributed by atoms with E-state index in [0.717, 1.165) is 12.8 Å². The summed E-state index contributed by atoms with van der Waals surface area (Å²) in [5.74, 6) is -1.51. The summed E-state index contributed by atoms with van der Waals surface area (Å²) in [6.45, 7) is 3.64. The van der Waals surface area contributed by atoms with Crippen molar-refractivity contribution < 1.29 is 19.4 Å². The Kier molecular flexibility index (Phi) is 4.35. The van der Waals surface area contributed by atoms with Crippen LogP contribution in [0.25, 0.3) is 0 Å². The first-order valence-corrected chi connectivity index (χ1v) is 6.32. The van der Waals surface area contributed by atoms with Crippen LogP contribution in [0.2, 0.25) is 0 Å². The summed E-state index contributed by atoms with van der Waals surface area (Å²) in [5.41, 5.74) is 0. The third-order valence-corrected chi connectivity index (χ3v) is 3.80. The van der Waals surface area contributed by atoms with Gasteiger partial charge in [0.25, 0.3) is 0 Å². The Hall–Kier alpha value is -0.580. The van der Waals surface area contributed by atoms with E-state index >= 15 is 0 Å². The molecule has 1 aliphatic rings. The second kappa shape index (κ2) is 5.17. The first-order valence-electron chi connectivity index (χ1n) is 5.53. The summed E-state index contributed by atoms with van der Waals surface area (Å²) in [6.07, 6.45) is 2.74. The van der Waals surface area contributed by atoms with Crippen molar-refractivity contribution in [1.82, 2.24) is 0 Å². The number of carboxylic acids is 1. The largest absolute Gasteiger partial charge is 0.480 e. The second-order valence-corrected chi connectivity index (χ2v) is 5.73. The van der Waals surface area contributed by atoms with Gasteiger partial charge in [0.1, 0.15) is 0 Å². The lowest BCUT2D eigenvalue weighted by Crippen LogP contribution is -2.43. The molecule has 1 rings (SSSR count). The summed E-state index contributed by atoms with van der Waals surface area (Å²) < 4.78 is 3.53. The van der Waals surface area contributed by atoms with Gasteiger partial charge in [0, 0.05) is 0 Å². The molecular weight excluding hydrogens is 276 g/mol. The molecule has 0 amide bonds. The Morgan fingerprint density at radius 2 is 2.12 bits per heavy atom. The molecule has 5 heteroatoms. The van der Waals surface area contributed by atoms with E-state index in [1.54, 1.807) is 6.92 Å². The zero-order chi connectivity index (χ0) is 12.3. The molecule has 0 heterocycles. The number of hydrogen-bond acceptors (Lipinski definition) is 3. The molecule has 0 radical (unpaired) electrons. The van der Waals surface area contributed by atoms with E-state index in [1.807, 2.05) is 6.92 Å². The number of halogens is 1. The van der Waals surface area contributed by atoms with E-state index in [1.165, 1.54) is 0 Å². The summed E-state index contributed by atoms with van der Waals surface area (Å²) in [6, 6.07) is 0. The minimum absolute atomic E-state index is 0.247. The number of alkyl halides is 1. The van der Waals surface area contributed by atoms with Gasteiger partial charge in [-0.15, -0.1) is 0 Å². The fourth-order valence-corrected chi connectivity index (χ4v) is 1.89. The molecule has 0 spiro atoms. The predicted molar refractivity (Wildman–Crippen MR) is 62.5 cm³/mol. The van der Waals surface area contributed by atoms with Crippen molar-refractivity contribution in [1.29, 1.82) is 0 Å². The van der Waals surface area contributed by atoms with Crippen LogP contribution in [-0.4, -0.2) is 27.5 Å². The first kappa shape index (κ1) is 13.5. The van der Waals surface area contributed by atoms with Gasteiger partial charge in [-0.05, 0) is 25.7 Å². The van der Waals surface area contributed by atoms with Crippen molar-refractivity contribution in [2.75, 3.05) is 0 Å². The molecule has 4 nitrogen and oxygen atoms in total. The van der Waals surface area contributed by atoms with Crippen LogP contribution in [0.15, 0.2) is 0 Å². The predicted octanol–water partition coefficient (Wildman–Crippen LogP) is 2.35. The average molecular weight is 293 g/mol. The molecule has 16 heavy (non-hydrogen) atoms. The van der Waals surface area contributed by atoms with E-state index < -0.39 is 16.3 Å². The van der Waals surface area contributed by atoms with Crippen molar-refractivity contribution in [2.24, 2.45) is 5.92 Å². The van der Waals surface area contributed by atoms with Gasteiger partial charge in [0.2, 0.25) is 4.32 Å². The molecule has 92 valence electrons. The standard InChI is InChI=1S/C11H17BrO4/c1-3-7(2)16-10(15)11(12,9(13)14)6-8-4-5-8/h7-8H,3-6H2,1-2H3,(H,13,14). The zero-order valence-electron chi connectivity index (χ0n) is 9.53. The molecular formula is C11H17BrO4. The van der Waals surface area contributed by atoms with Crippen LogP contribution >= 0.6 is 15.9 Å². The van der Waals surface area contributed by atoms with Crippen LogP contribution < -0.4 is 0 Å². The quantitative estimate of drug-likeness (QED) is 0.464. The maximum Gasteiger partial charge on any atom is 0.334 e. The highest BCUT2D eigenvalue weighted by Gasteiger charge is 2.49. The normalized spacial score (nSPS) is 20.9. The van der Waals surface area contributed by atoms with Crippen LogP contribution in [-0.2, 0) is 14.3 Å². The maximum atomic E-state index is 11.8. The van der Waals surface area contributed by atoms with Crippen molar-refractivity contribution >= 4 is 27.9 Å². The molecule has 1 N–H and O–H groups in total. The summed E-state index contributed by atoms with van der Waals surface area (Å²) in [5, 5.41) is 9.12. The molecule has 0 aromatic heterocycles. The third-order valence-electron chi connectivity index (χ3n) is 2.81. The lowest BCUT2D eigenvalue weighted by molar-refractivity contribution is -0.159. The first-order chi connectivity index (χ1) is 7.40. The highest BCUT2D eigenvalue weighted by molar-refractivity contribution is 9.10. The highest BCUT2D eigenvalue weighted by Crippen LogP contribution is 2.41. The van der Waals surface area contributed by atoms with Crippen molar-refractivity contribution in [2.45, 2.75) is 50.0 Å². The Labute approximate surface area is 103 Å². The molecule has 1 saturated carbocycles. The van der Waals surface area contributed by atoms with Gasteiger partial charge in [0.05, 0.1) is 6.10 Å². The van der Waals surface area contributed by atoms with Gasteiger partial charge in [0.15, 0.2) is 0 Å². The van der Waals surface area contributed by atoms with Gasteiger partial charge in [-0.3, -0.25) is 4.79 Å². The van der Waals surface area contributed by atoms with E-state index in [9.17, 15) is 9.59 Å². The number of carboxylic acid groups (broad SMARTS) is 1. The van der Waals surface area contributed by atoms with Crippen molar-refractivity contribution in [3.05, 3.63) is 0 Å². The monoisotopic (exact) mass is 292 g/mol. The Bertz CT molecular complexity index is 288. The Morgan fingerprint density at radius 1 is 1.56 bits per heavy atom. The van der Waals surface area contributed by atoms with Crippen LogP contribution in [0.1, 0.15) is 39.5 Å². The SMILES string of the molecule is CCC(C)OC(=O)C(Br)(CC1CC1)C(=O)O. The number of aliphatic carboxylic acids is 1. The highest BCUT2D eigenvalue weighted by atomic mass is 79.9. The molecule has 0 aliphatic heterocycles. The van der Waals surface area contributed by atoms with E-state index in [4.69, 9.17) is 9.84 Å². The zero-order valence-corrected chi connectivity index (χ0v) is 11.1. The van der Waals surface area contributed by atoms with Crippen molar-refractivity contribution in [3.8, 4) is 0 Å². The molecule has 1 aliphatic carbocycles. The van der Waals surface area contributed by atoms with E-state index in [-0.39, 0.29) is 6.10 Å². The summed E-state index contributed by atoms with van der Waals surface area (Å²) in [7, 11) is 0. The maximum absolute atomic E-state index is 11.8. The molecule has 0 saturated heterocycles. The van der Waals surface area contributed by atoms with Crippen LogP contribution in [0.4, 0.5) is 0 Å². The van der Waals surface area contributed by atoms with Gasteiger partial charge in [-0.1, -0.05) is 35.7 Å². The molecule has 0 bridgehead atoms. The second-order valence-electron chi connectivity index (χ2n) is 4.38. The lowest BCUT2D eigenvalue weighted by atomic mass is 10.0. The van der Waals surface area contributed by atoms with Gasteiger partial charge in [-0.2, -0.15) is 0 Å². The molecule has 2 unspecified atom stereocenters. The Balaban J connectivity index is 2.67. The summed E-state index contributed by atoms with van der Waals surface area (Å²) >= 11 is 3.04. The number of carbonyl (C=O) groups is 2. The fraction of sp³-hybridized carbons (Fsp3) is 0.818. The topological polar surface area (TPSA) is 63.6 Å². The minimum atomic E-state index is -1.56. The van der Waals surface area contributed by atoms with Gasteiger partial charge >= 0.3 is 11.9 Å². The van der Waals surface area contributed by atoms with E-state index in [2.05, 4.69) is 15.9 Å². The number of esters is 1. The fourth-order valence-electron chi connectivity index (χ4n) is 1.34. The van der Waals surface area contributed by atoms with Crippen LogP contribution in [0.3, 0.4) is 0 Å². The number of hydrogen-bond donors (Lipinski definition) is 1. The smallest absolute Gasteiger partial charge is 0.334 e. The average Bonchev–Trinajstić information content (AvgIpc) is 3.00. The summed E-state index contributed by atoms with van der Waals surface area (Å²) in [4.78, 5) is 22.9.